The molecule has 1 saturated carbocycles. The van der Waals surface area contributed by atoms with E-state index in [1.807, 2.05) is 6.92 Å². The maximum atomic E-state index is 11.9. The first-order valence-electron chi connectivity index (χ1n) is 6.70. The summed E-state index contributed by atoms with van der Waals surface area (Å²) in [7, 11) is 0. The Hall–Kier alpha value is -1.84. The fraction of sp³-hybridized carbons (Fsp3) is 0.467. The largest absolute Gasteiger partial charge is 0.462 e. The summed E-state index contributed by atoms with van der Waals surface area (Å²) < 4.78 is 4.90. The van der Waals surface area contributed by atoms with E-state index >= 15 is 0 Å². The lowest BCUT2D eigenvalue weighted by molar-refractivity contribution is -0.119. The zero-order valence-corrected chi connectivity index (χ0v) is 11.3. The van der Waals surface area contributed by atoms with Gasteiger partial charge in [-0.3, -0.25) is 4.79 Å². The number of anilines is 1. The van der Waals surface area contributed by atoms with E-state index in [1.165, 1.54) is 0 Å². The van der Waals surface area contributed by atoms with Crippen LogP contribution in [0.2, 0.25) is 0 Å². The van der Waals surface area contributed by atoms with Crippen molar-refractivity contribution in [3.05, 3.63) is 29.8 Å². The molecule has 1 amide bonds. The van der Waals surface area contributed by atoms with Crippen LogP contribution in [0.3, 0.4) is 0 Å². The van der Waals surface area contributed by atoms with E-state index in [2.05, 4.69) is 5.32 Å². The van der Waals surface area contributed by atoms with Gasteiger partial charge in [0.05, 0.1) is 12.2 Å². The fourth-order valence-corrected chi connectivity index (χ4v) is 1.97. The van der Waals surface area contributed by atoms with Gasteiger partial charge in [0.2, 0.25) is 5.91 Å². The van der Waals surface area contributed by atoms with Gasteiger partial charge in [0, 0.05) is 11.6 Å². The number of hydrogen-bond donors (Lipinski definition) is 1. The van der Waals surface area contributed by atoms with Crippen molar-refractivity contribution < 1.29 is 14.3 Å². The molecule has 19 heavy (non-hydrogen) atoms. The van der Waals surface area contributed by atoms with Gasteiger partial charge >= 0.3 is 5.97 Å². The Kier molecular flexibility index (Phi) is 4.20. The van der Waals surface area contributed by atoms with Crippen LogP contribution in [0.4, 0.5) is 5.69 Å². The van der Waals surface area contributed by atoms with Crippen LogP contribution in [0.15, 0.2) is 24.3 Å². The Labute approximate surface area is 113 Å². The number of carbonyl (C=O) groups excluding carboxylic acids is 2. The Balaban J connectivity index is 1.94. The van der Waals surface area contributed by atoms with E-state index in [-0.39, 0.29) is 17.8 Å². The minimum Gasteiger partial charge on any atom is -0.462 e. The summed E-state index contributed by atoms with van der Waals surface area (Å²) in [6.07, 6.45) is 2.30. The molecule has 1 atom stereocenters. The third kappa shape index (κ3) is 3.56. The summed E-state index contributed by atoms with van der Waals surface area (Å²) in [5.74, 6) is 0.307. The van der Waals surface area contributed by atoms with Crippen molar-refractivity contribution >= 4 is 17.6 Å². The topological polar surface area (TPSA) is 55.4 Å². The van der Waals surface area contributed by atoms with Gasteiger partial charge in [-0.25, -0.2) is 4.79 Å². The average Bonchev–Trinajstić information content (AvgIpc) is 3.23. The molecule has 1 N–H and O–H groups in total. The van der Waals surface area contributed by atoms with Gasteiger partial charge < -0.3 is 10.1 Å². The lowest BCUT2D eigenvalue weighted by Gasteiger charge is -2.11. The first-order valence-corrected chi connectivity index (χ1v) is 6.70. The molecule has 1 unspecified atom stereocenters. The van der Waals surface area contributed by atoms with E-state index in [4.69, 9.17) is 4.74 Å². The minimum atomic E-state index is -0.341. The Morgan fingerprint density at radius 2 is 1.95 bits per heavy atom. The molecule has 4 nitrogen and oxygen atoms in total. The molecule has 0 saturated heterocycles. The molecule has 0 spiro atoms. The molecule has 0 radical (unpaired) electrons. The van der Waals surface area contributed by atoms with Crippen molar-refractivity contribution in [2.75, 3.05) is 11.9 Å². The van der Waals surface area contributed by atoms with Gasteiger partial charge in [0.1, 0.15) is 0 Å². The second-order valence-corrected chi connectivity index (χ2v) is 4.91. The van der Waals surface area contributed by atoms with Crippen LogP contribution < -0.4 is 5.32 Å². The lowest BCUT2D eigenvalue weighted by Crippen LogP contribution is -2.21. The number of ether oxygens (including phenoxy) is 1. The summed E-state index contributed by atoms with van der Waals surface area (Å²) in [5, 5.41) is 2.87. The van der Waals surface area contributed by atoms with Gasteiger partial charge in [-0.05, 0) is 49.9 Å². The molecule has 102 valence electrons. The summed E-state index contributed by atoms with van der Waals surface area (Å²) in [4.78, 5) is 23.4. The third-order valence-electron chi connectivity index (χ3n) is 3.41. The highest BCUT2D eigenvalue weighted by Gasteiger charge is 2.32. The smallest absolute Gasteiger partial charge is 0.338 e. The van der Waals surface area contributed by atoms with E-state index in [0.717, 1.165) is 12.8 Å². The highest BCUT2D eigenvalue weighted by molar-refractivity contribution is 5.94. The van der Waals surface area contributed by atoms with Crippen LogP contribution in [0.25, 0.3) is 0 Å². The number of benzene rings is 1. The number of amides is 1. The molecule has 0 aromatic heterocycles. The molecule has 2 rings (SSSR count). The van der Waals surface area contributed by atoms with Crippen LogP contribution >= 0.6 is 0 Å². The molecule has 0 aliphatic heterocycles. The molecule has 1 aromatic rings. The monoisotopic (exact) mass is 261 g/mol. The van der Waals surface area contributed by atoms with Crippen LogP contribution in [-0.4, -0.2) is 18.5 Å². The van der Waals surface area contributed by atoms with Crippen molar-refractivity contribution in [3.8, 4) is 0 Å². The zero-order chi connectivity index (χ0) is 13.8. The second-order valence-electron chi connectivity index (χ2n) is 4.91. The molecule has 1 aromatic carbocycles. The van der Waals surface area contributed by atoms with Crippen LogP contribution in [0.5, 0.6) is 0 Å². The molecule has 0 bridgehead atoms. The Morgan fingerprint density at radius 1 is 1.32 bits per heavy atom. The Bertz CT molecular complexity index is 463. The third-order valence-corrected chi connectivity index (χ3v) is 3.41. The first kappa shape index (κ1) is 13.6. The predicted octanol–water partition coefficient (Wildman–Crippen LogP) is 2.85. The standard InChI is InChI=1S/C15H19NO3/c1-3-19-15(18)12-6-8-13(9-7-12)16-14(17)10(2)11-4-5-11/h6-11H,3-5H2,1-2H3,(H,16,17). The maximum Gasteiger partial charge on any atom is 0.338 e. The van der Waals surface area contributed by atoms with E-state index in [1.54, 1.807) is 31.2 Å². The molecular formula is C15H19NO3. The quantitative estimate of drug-likeness (QED) is 0.829. The van der Waals surface area contributed by atoms with Gasteiger partial charge in [-0.1, -0.05) is 6.92 Å². The summed E-state index contributed by atoms with van der Waals surface area (Å²) >= 11 is 0. The molecule has 0 heterocycles. The molecule has 4 heteroatoms. The second kappa shape index (κ2) is 5.87. The predicted molar refractivity (Wildman–Crippen MR) is 72.9 cm³/mol. The van der Waals surface area contributed by atoms with E-state index in [9.17, 15) is 9.59 Å². The zero-order valence-electron chi connectivity index (χ0n) is 11.3. The van der Waals surface area contributed by atoms with Crippen molar-refractivity contribution in [1.82, 2.24) is 0 Å². The van der Waals surface area contributed by atoms with Crippen LogP contribution in [-0.2, 0) is 9.53 Å². The number of hydrogen-bond acceptors (Lipinski definition) is 3. The Morgan fingerprint density at radius 3 is 2.47 bits per heavy atom. The SMILES string of the molecule is CCOC(=O)c1ccc(NC(=O)C(C)C2CC2)cc1. The van der Waals surface area contributed by atoms with E-state index < -0.39 is 0 Å². The van der Waals surface area contributed by atoms with Crippen molar-refractivity contribution in [1.29, 1.82) is 0 Å². The fourth-order valence-electron chi connectivity index (χ4n) is 1.97. The van der Waals surface area contributed by atoms with Gasteiger partial charge in [0.15, 0.2) is 0 Å². The number of nitrogens with one attached hydrogen (secondary N) is 1. The summed E-state index contributed by atoms with van der Waals surface area (Å²) in [5.41, 5.74) is 1.21. The van der Waals surface area contributed by atoms with Crippen molar-refractivity contribution in [3.63, 3.8) is 0 Å². The molecule has 1 fully saturated rings. The average molecular weight is 261 g/mol. The highest BCUT2D eigenvalue weighted by atomic mass is 16.5. The van der Waals surface area contributed by atoms with Crippen molar-refractivity contribution in [2.45, 2.75) is 26.7 Å². The molecule has 1 aliphatic carbocycles. The normalized spacial score (nSPS) is 15.7. The van der Waals surface area contributed by atoms with Crippen LogP contribution in [0.1, 0.15) is 37.0 Å². The van der Waals surface area contributed by atoms with Crippen molar-refractivity contribution in [2.24, 2.45) is 11.8 Å². The molecule has 1 aliphatic rings. The molecular weight excluding hydrogens is 242 g/mol. The maximum absolute atomic E-state index is 11.9. The van der Waals surface area contributed by atoms with E-state index in [0.29, 0.717) is 23.8 Å². The van der Waals surface area contributed by atoms with Gasteiger partial charge in [-0.15, -0.1) is 0 Å². The first-order chi connectivity index (χ1) is 9.11. The number of carbonyl (C=O) groups is 2. The van der Waals surface area contributed by atoms with Gasteiger partial charge in [-0.2, -0.15) is 0 Å². The summed E-state index contributed by atoms with van der Waals surface area (Å²) in [6.45, 7) is 4.09. The lowest BCUT2D eigenvalue weighted by atomic mass is 10.1. The van der Waals surface area contributed by atoms with Crippen LogP contribution in [0, 0.1) is 11.8 Å². The number of esters is 1. The van der Waals surface area contributed by atoms with Gasteiger partial charge in [0.25, 0.3) is 0 Å². The highest BCUT2D eigenvalue weighted by Crippen LogP contribution is 2.37. The summed E-state index contributed by atoms with van der Waals surface area (Å²) in [6, 6.07) is 6.78. The minimum absolute atomic E-state index is 0.0476. The number of rotatable bonds is 5.